The maximum atomic E-state index is 11.9. The van der Waals surface area contributed by atoms with Gasteiger partial charge in [0.25, 0.3) is 5.91 Å². The van der Waals surface area contributed by atoms with Crippen LogP contribution in [0.1, 0.15) is 18.5 Å². The molecule has 3 N–H and O–H groups in total. The summed E-state index contributed by atoms with van der Waals surface area (Å²) in [7, 11) is 0. The second kappa shape index (κ2) is 7.22. The van der Waals surface area contributed by atoms with Gasteiger partial charge in [-0.3, -0.25) is 4.79 Å². The zero-order valence-electron chi connectivity index (χ0n) is 11.3. The molecule has 0 saturated carbocycles. The van der Waals surface area contributed by atoms with Crippen LogP contribution in [-0.2, 0) is 4.79 Å². The first-order valence-corrected chi connectivity index (χ1v) is 7.38. The molecule has 4 heteroatoms. The lowest BCUT2D eigenvalue weighted by Gasteiger charge is -2.11. The highest BCUT2D eigenvalue weighted by Crippen LogP contribution is 2.15. The number of anilines is 1. The average molecular weight is 334 g/mol. The van der Waals surface area contributed by atoms with Gasteiger partial charge in [0, 0.05) is 15.7 Å². The molecule has 0 saturated heterocycles. The van der Waals surface area contributed by atoms with E-state index in [1.807, 2.05) is 47.8 Å². The van der Waals surface area contributed by atoms with Crippen molar-refractivity contribution in [2.24, 2.45) is 0 Å². The van der Waals surface area contributed by atoms with Gasteiger partial charge in [0.15, 0.2) is 6.54 Å². The minimum atomic E-state index is 0.00545. The number of benzene rings is 2. The number of quaternary nitrogens is 1. The van der Waals surface area contributed by atoms with Crippen molar-refractivity contribution in [2.45, 2.75) is 13.0 Å². The van der Waals surface area contributed by atoms with Crippen LogP contribution in [0.4, 0.5) is 5.69 Å². The Hall–Kier alpha value is -1.65. The molecule has 0 aromatic heterocycles. The van der Waals surface area contributed by atoms with Gasteiger partial charge >= 0.3 is 0 Å². The van der Waals surface area contributed by atoms with Crippen molar-refractivity contribution in [3.8, 4) is 0 Å². The lowest BCUT2D eigenvalue weighted by atomic mass is 10.1. The third-order valence-corrected chi connectivity index (χ3v) is 3.58. The first-order valence-electron chi connectivity index (χ1n) is 6.59. The molecule has 2 rings (SSSR count). The van der Waals surface area contributed by atoms with E-state index in [1.165, 1.54) is 5.56 Å². The summed E-state index contributed by atoms with van der Waals surface area (Å²) < 4.78 is 0.955. The van der Waals surface area contributed by atoms with Crippen molar-refractivity contribution in [1.82, 2.24) is 0 Å². The fourth-order valence-corrected chi connectivity index (χ4v) is 2.35. The Bertz CT molecular complexity index is 572. The van der Waals surface area contributed by atoms with Crippen molar-refractivity contribution in [1.29, 1.82) is 0 Å². The maximum absolute atomic E-state index is 11.9. The standard InChI is InChI=1S/C16H17BrN2O/c1-12(13-6-3-2-4-7-13)18-11-16(20)19-15-9-5-8-14(17)10-15/h2-10,12,18H,11H2,1H3,(H,19,20)/p+1/t12-/m1/s1. The molecule has 0 spiro atoms. The topological polar surface area (TPSA) is 45.7 Å². The van der Waals surface area contributed by atoms with Gasteiger partial charge in [0.2, 0.25) is 0 Å². The van der Waals surface area contributed by atoms with E-state index in [0.29, 0.717) is 6.54 Å². The fourth-order valence-electron chi connectivity index (χ4n) is 1.95. The lowest BCUT2D eigenvalue weighted by molar-refractivity contribution is -0.682. The summed E-state index contributed by atoms with van der Waals surface area (Å²) in [6, 6.07) is 18.0. The molecule has 0 radical (unpaired) electrons. The highest BCUT2D eigenvalue weighted by atomic mass is 79.9. The SMILES string of the molecule is C[C@@H]([NH2+]CC(=O)Nc1cccc(Br)c1)c1ccccc1. The van der Waals surface area contributed by atoms with E-state index in [4.69, 9.17) is 0 Å². The smallest absolute Gasteiger partial charge is 0.279 e. The number of nitrogens with two attached hydrogens (primary N) is 1. The molecule has 0 fully saturated rings. The van der Waals surface area contributed by atoms with Crippen LogP contribution in [0.2, 0.25) is 0 Å². The van der Waals surface area contributed by atoms with Crippen LogP contribution in [0.5, 0.6) is 0 Å². The quantitative estimate of drug-likeness (QED) is 0.868. The molecule has 2 aromatic carbocycles. The molecule has 0 aliphatic carbocycles. The third-order valence-electron chi connectivity index (χ3n) is 3.09. The first kappa shape index (κ1) is 14.8. The zero-order chi connectivity index (χ0) is 14.4. The van der Waals surface area contributed by atoms with Crippen LogP contribution >= 0.6 is 15.9 Å². The van der Waals surface area contributed by atoms with Crippen LogP contribution in [0.25, 0.3) is 0 Å². The van der Waals surface area contributed by atoms with Gasteiger partial charge in [-0.2, -0.15) is 0 Å². The molecule has 0 aliphatic heterocycles. The highest BCUT2D eigenvalue weighted by molar-refractivity contribution is 9.10. The van der Waals surface area contributed by atoms with Gasteiger partial charge < -0.3 is 10.6 Å². The van der Waals surface area contributed by atoms with Crippen molar-refractivity contribution in [2.75, 3.05) is 11.9 Å². The molecule has 0 aliphatic rings. The van der Waals surface area contributed by atoms with Gasteiger partial charge in [0.05, 0.1) is 0 Å². The van der Waals surface area contributed by atoms with Gasteiger partial charge in [-0.25, -0.2) is 0 Å². The number of carbonyl (C=O) groups is 1. The lowest BCUT2D eigenvalue weighted by Crippen LogP contribution is -2.86. The normalized spacial score (nSPS) is 11.9. The summed E-state index contributed by atoms with van der Waals surface area (Å²) in [6.45, 7) is 2.50. The Morgan fingerprint density at radius 1 is 1.20 bits per heavy atom. The maximum Gasteiger partial charge on any atom is 0.279 e. The van der Waals surface area contributed by atoms with E-state index in [0.717, 1.165) is 10.2 Å². The summed E-state index contributed by atoms with van der Waals surface area (Å²) in [5.41, 5.74) is 2.04. The number of amides is 1. The van der Waals surface area contributed by atoms with Crippen LogP contribution < -0.4 is 10.6 Å². The fraction of sp³-hybridized carbons (Fsp3) is 0.188. The monoisotopic (exact) mass is 333 g/mol. The molecule has 2 aromatic rings. The van der Waals surface area contributed by atoms with Gasteiger partial charge in [0.1, 0.15) is 6.04 Å². The second-order valence-electron chi connectivity index (χ2n) is 4.70. The summed E-state index contributed by atoms with van der Waals surface area (Å²) in [4.78, 5) is 11.9. The largest absolute Gasteiger partial charge is 0.333 e. The van der Waals surface area contributed by atoms with E-state index in [-0.39, 0.29) is 11.9 Å². The van der Waals surface area contributed by atoms with E-state index in [9.17, 15) is 4.79 Å². The first-order chi connectivity index (χ1) is 9.65. The van der Waals surface area contributed by atoms with Crippen molar-refractivity contribution in [3.05, 3.63) is 64.6 Å². The predicted molar refractivity (Wildman–Crippen MR) is 84.4 cm³/mol. The molecule has 20 heavy (non-hydrogen) atoms. The number of hydrogen-bond acceptors (Lipinski definition) is 1. The van der Waals surface area contributed by atoms with Crippen molar-refractivity contribution < 1.29 is 10.1 Å². The number of halogens is 1. The Morgan fingerprint density at radius 3 is 2.65 bits per heavy atom. The Morgan fingerprint density at radius 2 is 1.95 bits per heavy atom. The minimum absolute atomic E-state index is 0.00545. The van der Waals surface area contributed by atoms with Crippen LogP contribution in [-0.4, -0.2) is 12.5 Å². The molecule has 1 atom stereocenters. The number of rotatable bonds is 5. The summed E-state index contributed by atoms with van der Waals surface area (Å²) in [5.74, 6) is 0.00545. The van der Waals surface area contributed by atoms with E-state index in [2.05, 4.69) is 40.3 Å². The highest BCUT2D eigenvalue weighted by Gasteiger charge is 2.11. The Labute approximate surface area is 127 Å². The molecule has 1 amide bonds. The Kier molecular flexibility index (Phi) is 5.32. The van der Waals surface area contributed by atoms with Crippen LogP contribution in [0.15, 0.2) is 59.1 Å². The molecule has 3 nitrogen and oxygen atoms in total. The number of carbonyl (C=O) groups excluding carboxylic acids is 1. The van der Waals surface area contributed by atoms with Gasteiger partial charge in [-0.1, -0.05) is 52.3 Å². The molecule has 0 unspecified atom stereocenters. The number of hydrogen-bond donors (Lipinski definition) is 2. The minimum Gasteiger partial charge on any atom is -0.333 e. The third kappa shape index (κ3) is 4.47. The molecular weight excluding hydrogens is 316 g/mol. The second-order valence-corrected chi connectivity index (χ2v) is 5.61. The van der Waals surface area contributed by atoms with E-state index in [1.54, 1.807) is 0 Å². The van der Waals surface area contributed by atoms with E-state index < -0.39 is 0 Å². The summed E-state index contributed by atoms with van der Waals surface area (Å²) in [6.07, 6.45) is 0. The number of nitrogens with one attached hydrogen (secondary N) is 1. The van der Waals surface area contributed by atoms with Crippen LogP contribution in [0.3, 0.4) is 0 Å². The Balaban J connectivity index is 1.83. The molecule has 104 valence electrons. The molecular formula is C16H18BrN2O+. The van der Waals surface area contributed by atoms with Crippen molar-refractivity contribution >= 4 is 27.5 Å². The average Bonchev–Trinajstić information content (AvgIpc) is 2.46. The van der Waals surface area contributed by atoms with Crippen LogP contribution in [0, 0.1) is 0 Å². The summed E-state index contributed by atoms with van der Waals surface area (Å²) >= 11 is 3.39. The zero-order valence-corrected chi connectivity index (χ0v) is 12.9. The van der Waals surface area contributed by atoms with Gasteiger partial charge in [-0.15, -0.1) is 0 Å². The molecule has 0 heterocycles. The van der Waals surface area contributed by atoms with Gasteiger partial charge in [-0.05, 0) is 25.1 Å². The van der Waals surface area contributed by atoms with E-state index >= 15 is 0 Å². The molecule has 0 bridgehead atoms. The van der Waals surface area contributed by atoms with Crippen molar-refractivity contribution in [3.63, 3.8) is 0 Å². The predicted octanol–water partition coefficient (Wildman–Crippen LogP) is 2.71. The summed E-state index contributed by atoms with van der Waals surface area (Å²) in [5, 5.41) is 4.92.